The predicted octanol–water partition coefficient (Wildman–Crippen LogP) is 14.3. The number of hydrogen-bond donors (Lipinski definition) is 0. The van der Waals surface area contributed by atoms with E-state index in [1.807, 2.05) is 12.1 Å². The van der Waals surface area contributed by atoms with Crippen molar-refractivity contribution in [3.63, 3.8) is 0 Å². The van der Waals surface area contributed by atoms with Gasteiger partial charge < -0.3 is 8.98 Å². The summed E-state index contributed by atoms with van der Waals surface area (Å²) in [6, 6.07) is 61.2. The lowest BCUT2D eigenvalue weighted by Crippen LogP contribution is -2.03. The van der Waals surface area contributed by atoms with Crippen molar-refractivity contribution >= 4 is 97.2 Å². The molecule has 0 saturated carbocycles. The average Bonchev–Trinajstić information content (AvgIpc) is 4.01. The zero-order valence-electron chi connectivity index (χ0n) is 30.8. The fraction of sp³-hybridized carbons (Fsp3) is 0. The molecule has 0 radical (unpaired) electrons. The minimum Gasteiger partial charge on any atom is -0.452 e. The molecule has 0 atom stereocenters. The van der Waals surface area contributed by atoms with Crippen LogP contribution < -0.4 is 0 Å². The normalized spacial score (nSPS) is 12.5. The van der Waals surface area contributed by atoms with E-state index in [1.165, 1.54) is 69.9 Å². The molecule has 268 valence electrons. The summed E-state index contributed by atoms with van der Waals surface area (Å²) in [5.41, 5.74) is 14.8. The lowest BCUT2D eigenvalue weighted by atomic mass is 9.94. The van der Waals surface area contributed by atoms with Crippen LogP contribution in [0.15, 0.2) is 174 Å². The van der Waals surface area contributed by atoms with Crippen molar-refractivity contribution in [2.75, 3.05) is 0 Å². The molecule has 1 aliphatic rings. The van der Waals surface area contributed by atoms with Gasteiger partial charge in [0.15, 0.2) is 5.58 Å². The summed E-state index contributed by atoms with van der Waals surface area (Å²) < 4.78 is 13.9. The number of rotatable bonds is 2. The molecule has 0 unspecified atom stereocenters. The molecule has 6 heteroatoms. The maximum absolute atomic E-state index is 6.68. The molecule has 0 aliphatic carbocycles. The first-order valence-corrected chi connectivity index (χ1v) is 20.4. The molecule has 0 fully saturated rings. The van der Waals surface area contributed by atoms with Gasteiger partial charge in [0.1, 0.15) is 16.8 Å². The lowest BCUT2D eigenvalue weighted by molar-refractivity contribution is 0.666. The molecule has 5 nitrogen and oxygen atoms in total. The second kappa shape index (κ2) is 11.1. The van der Waals surface area contributed by atoms with Gasteiger partial charge in [0.25, 0.3) is 0 Å². The van der Waals surface area contributed by atoms with Crippen LogP contribution >= 0.6 is 11.3 Å². The number of aromatic nitrogens is 4. The van der Waals surface area contributed by atoms with E-state index < -0.39 is 0 Å². The van der Waals surface area contributed by atoms with Gasteiger partial charge >= 0.3 is 0 Å². The Labute approximate surface area is 334 Å². The van der Waals surface area contributed by atoms with Crippen LogP contribution in [0.1, 0.15) is 0 Å². The first kappa shape index (κ1) is 30.7. The highest BCUT2D eigenvalue weighted by atomic mass is 32.1. The van der Waals surface area contributed by atoms with Crippen LogP contribution in [0.3, 0.4) is 0 Å². The molecule has 13 aromatic rings. The van der Waals surface area contributed by atoms with Crippen molar-refractivity contribution < 1.29 is 4.42 Å². The molecule has 0 N–H and O–H groups in total. The van der Waals surface area contributed by atoms with Gasteiger partial charge in [-0.3, -0.25) is 4.57 Å². The van der Waals surface area contributed by atoms with Gasteiger partial charge in [-0.15, -0.1) is 11.3 Å². The van der Waals surface area contributed by atoms with Crippen LogP contribution in [0, 0.1) is 0 Å². The van der Waals surface area contributed by atoms with Crippen molar-refractivity contribution in [3.05, 3.63) is 170 Å². The van der Waals surface area contributed by atoms with E-state index in [2.05, 4.69) is 167 Å². The first-order valence-electron chi connectivity index (χ1n) is 19.6. The molecule has 0 spiro atoms. The van der Waals surface area contributed by atoms with E-state index in [0.29, 0.717) is 11.5 Å². The van der Waals surface area contributed by atoms with Crippen LogP contribution in [-0.2, 0) is 0 Å². The maximum Gasteiger partial charge on any atom is 0.236 e. The molecule has 1 aliphatic heterocycles. The van der Waals surface area contributed by atoms with E-state index in [9.17, 15) is 0 Å². The molecular formula is C52H28N4OS. The highest BCUT2D eigenvalue weighted by Gasteiger charge is 2.27. The molecule has 0 amide bonds. The number of hydrogen-bond acceptors (Lipinski definition) is 4. The standard InChI is InChI=1S/C52H28N4OS/c1-2-14-30-29(13-1)31-15-3-7-23-41(31)55-43-27-39-32-16-4-8-24-42(32)56(44(39)28-40(43)35-20-11-19-34(30)49(35)55)52-53-47-37-18-5-9-25-45(37)57-50(47)48(54-52)38-22-12-21-36-33-17-6-10-26-46(33)58-51(36)38/h1-28H. The summed E-state index contributed by atoms with van der Waals surface area (Å²) in [5.74, 6) is 0.613. The third-order valence-electron chi connectivity index (χ3n) is 12.3. The Morgan fingerprint density at radius 1 is 0.431 bits per heavy atom. The molecule has 14 rings (SSSR count). The van der Waals surface area contributed by atoms with Crippen molar-refractivity contribution in [1.82, 2.24) is 19.1 Å². The van der Waals surface area contributed by atoms with Gasteiger partial charge in [-0.05, 0) is 53.6 Å². The zero-order chi connectivity index (χ0) is 37.6. The highest BCUT2D eigenvalue weighted by Crippen LogP contribution is 2.48. The largest absolute Gasteiger partial charge is 0.452 e. The zero-order valence-corrected chi connectivity index (χ0v) is 31.6. The van der Waals surface area contributed by atoms with Crippen molar-refractivity contribution in [2.45, 2.75) is 0 Å². The van der Waals surface area contributed by atoms with Gasteiger partial charge in [0.2, 0.25) is 5.95 Å². The molecule has 5 aromatic heterocycles. The predicted molar refractivity (Wildman–Crippen MR) is 241 cm³/mol. The molecular weight excluding hydrogens is 729 g/mol. The third kappa shape index (κ3) is 3.89. The molecule has 8 aromatic carbocycles. The van der Waals surface area contributed by atoms with Crippen LogP contribution in [-0.4, -0.2) is 19.1 Å². The first-order chi connectivity index (χ1) is 28.8. The summed E-state index contributed by atoms with van der Waals surface area (Å²) in [4.78, 5) is 11.0. The Morgan fingerprint density at radius 3 is 1.93 bits per heavy atom. The second-order valence-electron chi connectivity index (χ2n) is 15.3. The number of benzene rings is 8. The average molecular weight is 757 g/mol. The Kier molecular flexibility index (Phi) is 5.85. The SMILES string of the molecule is c1ccc2c(c1)-c1ccccc1-n1c3cc4c5ccccc5n(-c5nc(-c6cccc7c6sc6ccccc67)c6oc7ccccc7c6n5)c4cc3c3cccc-2c31. The van der Waals surface area contributed by atoms with Crippen LogP contribution in [0.25, 0.3) is 131 Å². The smallest absolute Gasteiger partial charge is 0.236 e. The van der Waals surface area contributed by atoms with E-state index in [1.54, 1.807) is 11.3 Å². The van der Waals surface area contributed by atoms with Crippen molar-refractivity contribution in [2.24, 2.45) is 0 Å². The van der Waals surface area contributed by atoms with E-state index in [-0.39, 0.29) is 0 Å². The highest BCUT2D eigenvalue weighted by molar-refractivity contribution is 7.26. The molecule has 6 heterocycles. The fourth-order valence-electron chi connectivity index (χ4n) is 9.85. The van der Waals surface area contributed by atoms with Crippen molar-refractivity contribution in [3.8, 4) is 45.1 Å². The van der Waals surface area contributed by atoms with Crippen molar-refractivity contribution in [1.29, 1.82) is 0 Å². The van der Waals surface area contributed by atoms with Crippen LogP contribution in [0.5, 0.6) is 0 Å². The number of nitrogens with zero attached hydrogens (tertiary/aromatic N) is 4. The van der Waals surface area contributed by atoms with Gasteiger partial charge in [-0.25, -0.2) is 9.97 Å². The fourth-order valence-corrected chi connectivity index (χ4v) is 11.1. The van der Waals surface area contributed by atoms with E-state index in [4.69, 9.17) is 14.4 Å². The Balaban J connectivity index is 1.12. The number of para-hydroxylation sites is 4. The summed E-state index contributed by atoms with van der Waals surface area (Å²) in [6.45, 7) is 0. The summed E-state index contributed by atoms with van der Waals surface area (Å²) >= 11 is 1.80. The van der Waals surface area contributed by atoms with Gasteiger partial charge in [0, 0.05) is 63.8 Å². The van der Waals surface area contributed by atoms with E-state index in [0.717, 1.165) is 49.5 Å². The molecule has 58 heavy (non-hydrogen) atoms. The maximum atomic E-state index is 6.68. The molecule has 0 saturated heterocycles. The van der Waals surface area contributed by atoms with Crippen LogP contribution in [0.4, 0.5) is 0 Å². The summed E-state index contributed by atoms with van der Waals surface area (Å²) in [5, 5.41) is 8.14. The topological polar surface area (TPSA) is 48.8 Å². The quantitative estimate of drug-likeness (QED) is 0.176. The van der Waals surface area contributed by atoms with Crippen LogP contribution in [0.2, 0.25) is 0 Å². The number of fused-ring (bicyclic) bond motifs is 17. The number of furan rings is 1. The van der Waals surface area contributed by atoms with Gasteiger partial charge in [0.05, 0.1) is 27.8 Å². The minimum absolute atomic E-state index is 0.613. The third-order valence-corrected chi connectivity index (χ3v) is 13.5. The Hall–Kier alpha value is -7.54. The monoisotopic (exact) mass is 756 g/mol. The Morgan fingerprint density at radius 2 is 1.05 bits per heavy atom. The molecule has 0 bridgehead atoms. The minimum atomic E-state index is 0.613. The van der Waals surface area contributed by atoms with E-state index >= 15 is 0 Å². The Bertz CT molecular complexity index is 3940. The summed E-state index contributed by atoms with van der Waals surface area (Å²) in [6.07, 6.45) is 0. The summed E-state index contributed by atoms with van der Waals surface area (Å²) in [7, 11) is 0. The number of thiophene rings is 1. The van der Waals surface area contributed by atoms with Gasteiger partial charge in [-0.2, -0.15) is 0 Å². The second-order valence-corrected chi connectivity index (χ2v) is 16.3. The van der Waals surface area contributed by atoms with Gasteiger partial charge in [-0.1, -0.05) is 127 Å². The lowest BCUT2D eigenvalue weighted by Gasteiger charge is -2.12.